The van der Waals surface area contributed by atoms with E-state index in [1.54, 1.807) is 18.6 Å². The first-order chi connectivity index (χ1) is 6.75. The zero-order chi connectivity index (χ0) is 9.97. The lowest BCUT2D eigenvalue weighted by Gasteiger charge is -2.08. The van der Waals surface area contributed by atoms with Crippen LogP contribution in [0.2, 0.25) is 0 Å². The number of nitrogens with zero attached hydrogens (tertiary/aromatic N) is 4. The minimum atomic E-state index is 0.344. The van der Waals surface area contributed by atoms with E-state index in [1.807, 2.05) is 0 Å². The Kier molecular flexibility index (Phi) is 2.22. The van der Waals surface area contributed by atoms with E-state index in [0.29, 0.717) is 6.04 Å². The molecule has 5 nitrogen and oxygen atoms in total. The zero-order valence-electron chi connectivity index (χ0n) is 8.10. The van der Waals surface area contributed by atoms with E-state index in [1.165, 1.54) is 0 Å². The number of aromatic nitrogens is 4. The summed E-state index contributed by atoms with van der Waals surface area (Å²) in [4.78, 5) is 8.55. The quantitative estimate of drug-likeness (QED) is 0.770. The summed E-state index contributed by atoms with van der Waals surface area (Å²) < 4.78 is 0. The lowest BCUT2D eigenvalue weighted by atomic mass is 10.4. The van der Waals surface area contributed by atoms with Crippen molar-refractivity contribution in [3.05, 3.63) is 18.6 Å². The molecule has 0 radical (unpaired) electrons. The molecule has 2 rings (SSSR count). The second-order valence-electron chi connectivity index (χ2n) is 3.31. The fraction of sp³-hybridized carbons (Fsp3) is 0.333. The normalized spacial score (nSPS) is 10.8. The molecule has 0 aromatic carbocycles. The summed E-state index contributed by atoms with van der Waals surface area (Å²) in [5.74, 6) is 0.764. The van der Waals surface area contributed by atoms with Gasteiger partial charge in [-0.3, -0.25) is 0 Å². The van der Waals surface area contributed by atoms with Gasteiger partial charge in [-0.15, -0.1) is 0 Å². The Hall–Kier alpha value is -1.78. The highest BCUT2D eigenvalue weighted by molar-refractivity contribution is 5.73. The Balaban J connectivity index is 2.41. The van der Waals surface area contributed by atoms with Crippen molar-refractivity contribution in [3.8, 4) is 0 Å². The first kappa shape index (κ1) is 8.80. The van der Waals surface area contributed by atoms with Gasteiger partial charge in [-0.1, -0.05) is 0 Å². The molecule has 2 aromatic heterocycles. The maximum absolute atomic E-state index is 4.34. The van der Waals surface area contributed by atoms with Crippen LogP contribution >= 0.6 is 0 Å². The zero-order valence-corrected chi connectivity index (χ0v) is 8.10. The molecule has 0 unspecified atom stereocenters. The molecule has 0 saturated carbocycles. The van der Waals surface area contributed by atoms with Crippen LogP contribution in [0.3, 0.4) is 0 Å². The van der Waals surface area contributed by atoms with Crippen LogP contribution in [0, 0.1) is 0 Å². The first-order valence-corrected chi connectivity index (χ1v) is 4.45. The summed E-state index contributed by atoms with van der Waals surface area (Å²) in [7, 11) is 0. The average molecular weight is 189 g/mol. The van der Waals surface area contributed by atoms with Crippen molar-refractivity contribution >= 4 is 16.9 Å². The smallest absolute Gasteiger partial charge is 0.145 e. The molecular formula is C9H11N5. The Morgan fingerprint density at radius 1 is 1.07 bits per heavy atom. The van der Waals surface area contributed by atoms with Gasteiger partial charge in [-0.05, 0) is 13.8 Å². The van der Waals surface area contributed by atoms with E-state index in [9.17, 15) is 0 Å². The summed E-state index contributed by atoms with van der Waals surface area (Å²) >= 11 is 0. The van der Waals surface area contributed by atoms with E-state index < -0.39 is 0 Å². The van der Waals surface area contributed by atoms with E-state index >= 15 is 0 Å². The van der Waals surface area contributed by atoms with Gasteiger partial charge in [0.05, 0.1) is 18.6 Å². The van der Waals surface area contributed by atoms with Gasteiger partial charge in [-0.2, -0.15) is 10.2 Å². The predicted molar refractivity (Wildman–Crippen MR) is 53.9 cm³/mol. The minimum Gasteiger partial charge on any atom is -0.367 e. The molecule has 2 heterocycles. The molecule has 0 atom stereocenters. The highest BCUT2D eigenvalue weighted by Crippen LogP contribution is 2.09. The van der Waals surface area contributed by atoms with E-state index in [4.69, 9.17) is 0 Å². The number of hydrogen-bond donors (Lipinski definition) is 1. The number of anilines is 1. The molecule has 0 saturated heterocycles. The second kappa shape index (κ2) is 3.53. The summed E-state index contributed by atoms with van der Waals surface area (Å²) in [5, 5.41) is 10.7. The Labute approximate surface area is 81.6 Å². The van der Waals surface area contributed by atoms with Crippen molar-refractivity contribution < 1.29 is 0 Å². The molecular weight excluding hydrogens is 178 g/mol. The van der Waals surface area contributed by atoms with Crippen LogP contribution in [-0.2, 0) is 0 Å². The summed E-state index contributed by atoms with van der Waals surface area (Å²) in [6.07, 6.45) is 4.90. The molecule has 0 aliphatic carbocycles. The monoisotopic (exact) mass is 189 g/mol. The maximum Gasteiger partial charge on any atom is 0.145 e. The molecule has 0 spiro atoms. The Morgan fingerprint density at radius 3 is 2.50 bits per heavy atom. The SMILES string of the molecule is CC(C)Nc1cnc2cnncc2n1. The van der Waals surface area contributed by atoms with Gasteiger partial charge < -0.3 is 5.32 Å². The van der Waals surface area contributed by atoms with Crippen LogP contribution in [0.1, 0.15) is 13.8 Å². The molecule has 1 N–H and O–H groups in total. The van der Waals surface area contributed by atoms with Gasteiger partial charge in [0.1, 0.15) is 16.9 Å². The first-order valence-electron chi connectivity index (χ1n) is 4.45. The van der Waals surface area contributed by atoms with Crippen molar-refractivity contribution in [1.29, 1.82) is 0 Å². The van der Waals surface area contributed by atoms with Crippen LogP contribution in [0.5, 0.6) is 0 Å². The van der Waals surface area contributed by atoms with Gasteiger partial charge in [0.25, 0.3) is 0 Å². The van der Waals surface area contributed by atoms with E-state index in [0.717, 1.165) is 16.9 Å². The largest absolute Gasteiger partial charge is 0.367 e. The molecule has 2 aromatic rings. The number of fused-ring (bicyclic) bond motifs is 1. The van der Waals surface area contributed by atoms with Gasteiger partial charge in [-0.25, -0.2) is 9.97 Å². The Bertz CT molecular complexity index is 440. The lowest BCUT2D eigenvalue weighted by molar-refractivity contribution is 0.888. The topological polar surface area (TPSA) is 63.6 Å². The van der Waals surface area contributed by atoms with Crippen molar-refractivity contribution in [2.45, 2.75) is 19.9 Å². The maximum atomic E-state index is 4.34. The van der Waals surface area contributed by atoms with Gasteiger partial charge in [0.15, 0.2) is 0 Å². The summed E-state index contributed by atoms with van der Waals surface area (Å²) in [5.41, 5.74) is 1.51. The van der Waals surface area contributed by atoms with Crippen molar-refractivity contribution in [2.75, 3.05) is 5.32 Å². The standard InChI is InChI=1S/C9H11N5/c1-6(2)13-9-5-10-7-3-11-12-4-8(7)14-9/h3-6H,1-2H3,(H,13,14). The van der Waals surface area contributed by atoms with Crippen molar-refractivity contribution in [2.24, 2.45) is 0 Å². The highest BCUT2D eigenvalue weighted by Gasteiger charge is 2.00. The number of rotatable bonds is 2. The third-order valence-corrected chi connectivity index (χ3v) is 1.69. The summed E-state index contributed by atoms with van der Waals surface area (Å²) in [6.45, 7) is 4.10. The third kappa shape index (κ3) is 1.76. The van der Waals surface area contributed by atoms with Crippen LogP contribution in [0.25, 0.3) is 11.0 Å². The second-order valence-corrected chi connectivity index (χ2v) is 3.31. The molecule has 5 heteroatoms. The van der Waals surface area contributed by atoms with Crippen molar-refractivity contribution in [3.63, 3.8) is 0 Å². The fourth-order valence-electron chi connectivity index (χ4n) is 1.15. The van der Waals surface area contributed by atoms with Gasteiger partial charge >= 0.3 is 0 Å². The number of hydrogen-bond acceptors (Lipinski definition) is 5. The molecule has 0 bridgehead atoms. The minimum absolute atomic E-state index is 0.344. The van der Waals surface area contributed by atoms with E-state index in [-0.39, 0.29) is 0 Å². The van der Waals surface area contributed by atoms with Crippen LogP contribution in [0.4, 0.5) is 5.82 Å². The molecule has 0 aliphatic rings. The molecule has 0 fully saturated rings. The fourth-order valence-corrected chi connectivity index (χ4v) is 1.15. The molecule has 0 aliphatic heterocycles. The Morgan fingerprint density at radius 2 is 1.79 bits per heavy atom. The van der Waals surface area contributed by atoms with Crippen molar-refractivity contribution in [1.82, 2.24) is 20.2 Å². The molecule has 72 valence electrons. The van der Waals surface area contributed by atoms with Crippen LogP contribution < -0.4 is 5.32 Å². The molecule has 0 amide bonds. The molecule has 14 heavy (non-hydrogen) atoms. The van der Waals surface area contributed by atoms with Crippen LogP contribution in [-0.4, -0.2) is 26.2 Å². The predicted octanol–water partition coefficient (Wildman–Crippen LogP) is 1.24. The summed E-state index contributed by atoms with van der Waals surface area (Å²) in [6, 6.07) is 0.344. The van der Waals surface area contributed by atoms with E-state index in [2.05, 4.69) is 39.3 Å². The van der Waals surface area contributed by atoms with Gasteiger partial charge in [0.2, 0.25) is 0 Å². The lowest BCUT2D eigenvalue weighted by Crippen LogP contribution is -2.11. The van der Waals surface area contributed by atoms with Gasteiger partial charge in [0, 0.05) is 6.04 Å². The van der Waals surface area contributed by atoms with Crippen LogP contribution in [0.15, 0.2) is 18.6 Å². The highest BCUT2D eigenvalue weighted by atomic mass is 15.1. The third-order valence-electron chi connectivity index (χ3n) is 1.69. The average Bonchev–Trinajstić information content (AvgIpc) is 2.17. The number of nitrogens with one attached hydrogen (secondary N) is 1.